The second-order valence-electron chi connectivity index (χ2n) is 8.45. The number of rotatable bonds is 9. The zero-order chi connectivity index (χ0) is 22.2. The van der Waals surface area contributed by atoms with Gasteiger partial charge in [0.1, 0.15) is 6.61 Å². The smallest absolute Gasteiger partial charge is 0.251 e. The summed E-state index contributed by atoms with van der Waals surface area (Å²) in [4.78, 5) is 15.2. The van der Waals surface area contributed by atoms with Gasteiger partial charge in [-0.15, -0.1) is 0 Å². The van der Waals surface area contributed by atoms with E-state index in [0.717, 1.165) is 25.2 Å². The van der Waals surface area contributed by atoms with Crippen LogP contribution in [0.25, 0.3) is 0 Å². The number of nitrogens with one attached hydrogen (secondary N) is 1. The fourth-order valence-electron chi connectivity index (χ4n) is 4.29. The Balaban J connectivity index is 1.63. The van der Waals surface area contributed by atoms with Gasteiger partial charge in [-0.2, -0.15) is 0 Å². The number of carbonyl (C=O) groups is 1. The van der Waals surface area contributed by atoms with Crippen LogP contribution in [0.15, 0.2) is 42.5 Å². The predicted octanol–water partition coefficient (Wildman–Crippen LogP) is 3.99. The van der Waals surface area contributed by atoms with Crippen molar-refractivity contribution in [2.45, 2.75) is 26.9 Å². The maximum atomic E-state index is 12.8. The van der Waals surface area contributed by atoms with E-state index in [2.05, 4.69) is 24.1 Å². The van der Waals surface area contributed by atoms with Gasteiger partial charge < -0.3 is 24.4 Å². The first kappa shape index (κ1) is 22.9. The van der Waals surface area contributed by atoms with Crippen LogP contribution in [0.2, 0.25) is 0 Å². The van der Waals surface area contributed by atoms with Crippen LogP contribution in [0.5, 0.6) is 17.2 Å². The Kier molecular flexibility index (Phi) is 8.18. The van der Waals surface area contributed by atoms with E-state index >= 15 is 0 Å². The van der Waals surface area contributed by atoms with Gasteiger partial charge in [-0.3, -0.25) is 4.79 Å². The van der Waals surface area contributed by atoms with Crippen molar-refractivity contribution in [1.29, 1.82) is 0 Å². The first-order valence-electron chi connectivity index (χ1n) is 10.9. The van der Waals surface area contributed by atoms with E-state index < -0.39 is 0 Å². The topological polar surface area (TPSA) is 60.0 Å². The minimum Gasteiger partial charge on any atom is -0.493 e. The molecule has 1 N–H and O–H groups in total. The third-order valence-corrected chi connectivity index (χ3v) is 5.61. The highest BCUT2D eigenvalue weighted by atomic mass is 16.5. The molecule has 0 bridgehead atoms. The molecule has 3 rings (SSSR count). The van der Waals surface area contributed by atoms with Gasteiger partial charge in [0.2, 0.25) is 5.75 Å². The van der Waals surface area contributed by atoms with Crippen molar-refractivity contribution in [3.05, 3.63) is 53.6 Å². The molecule has 2 aromatic rings. The van der Waals surface area contributed by atoms with Gasteiger partial charge in [0.25, 0.3) is 5.91 Å². The van der Waals surface area contributed by atoms with Crippen LogP contribution in [0.1, 0.15) is 36.2 Å². The van der Waals surface area contributed by atoms with Gasteiger partial charge in [-0.05, 0) is 36.0 Å². The minimum atomic E-state index is -0.149. The van der Waals surface area contributed by atoms with Gasteiger partial charge in [-0.25, -0.2) is 0 Å². The molecule has 6 heteroatoms. The molecule has 0 spiro atoms. The highest BCUT2D eigenvalue weighted by Crippen LogP contribution is 2.39. The molecule has 1 aliphatic rings. The van der Waals surface area contributed by atoms with Crippen molar-refractivity contribution in [3.63, 3.8) is 0 Å². The molecule has 0 saturated carbocycles. The van der Waals surface area contributed by atoms with E-state index in [1.807, 2.05) is 30.3 Å². The minimum absolute atomic E-state index is 0.149. The standard InChI is InChI=1S/C25H34N2O4/c1-18-12-19(2)16-27(15-18)11-10-26-25(28)21-13-22(29-3)24(23(14-21)30-4)31-17-20-8-6-5-7-9-20/h5-9,13-14,18-19H,10-12,15-17H2,1-4H3,(H,26,28). The second kappa shape index (κ2) is 11.0. The van der Waals surface area contributed by atoms with Crippen molar-refractivity contribution in [1.82, 2.24) is 10.2 Å². The Hall–Kier alpha value is -2.73. The van der Waals surface area contributed by atoms with E-state index in [1.54, 1.807) is 26.4 Å². The number of hydrogen-bond acceptors (Lipinski definition) is 5. The van der Waals surface area contributed by atoms with Crippen LogP contribution in [0, 0.1) is 11.8 Å². The van der Waals surface area contributed by atoms with Crippen LogP contribution in [-0.2, 0) is 6.61 Å². The van der Waals surface area contributed by atoms with Gasteiger partial charge in [0.05, 0.1) is 14.2 Å². The van der Waals surface area contributed by atoms with E-state index in [1.165, 1.54) is 6.42 Å². The summed E-state index contributed by atoms with van der Waals surface area (Å²) in [7, 11) is 3.12. The van der Waals surface area contributed by atoms with Gasteiger partial charge >= 0.3 is 0 Å². The number of benzene rings is 2. The molecule has 1 aliphatic heterocycles. The summed E-state index contributed by atoms with van der Waals surface area (Å²) in [5.41, 5.74) is 1.52. The maximum Gasteiger partial charge on any atom is 0.251 e. The Morgan fingerprint density at radius 3 is 2.23 bits per heavy atom. The van der Waals surface area contributed by atoms with Crippen molar-refractivity contribution in [2.24, 2.45) is 11.8 Å². The lowest BCUT2D eigenvalue weighted by atomic mass is 9.92. The van der Waals surface area contributed by atoms with E-state index in [-0.39, 0.29) is 5.91 Å². The lowest BCUT2D eigenvalue weighted by molar-refractivity contribution is 0.0935. The lowest BCUT2D eigenvalue weighted by Gasteiger charge is -2.34. The summed E-state index contributed by atoms with van der Waals surface area (Å²) in [5, 5.41) is 3.02. The van der Waals surface area contributed by atoms with Crippen LogP contribution >= 0.6 is 0 Å². The number of amides is 1. The molecule has 1 saturated heterocycles. The molecule has 1 heterocycles. The lowest BCUT2D eigenvalue weighted by Crippen LogP contribution is -2.42. The van der Waals surface area contributed by atoms with Gasteiger partial charge in [0.15, 0.2) is 11.5 Å². The zero-order valence-electron chi connectivity index (χ0n) is 19.0. The average molecular weight is 427 g/mol. The summed E-state index contributed by atoms with van der Waals surface area (Å²) in [6, 6.07) is 13.3. The molecule has 1 amide bonds. The third kappa shape index (κ3) is 6.37. The Bertz CT molecular complexity index is 821. The molecule has 0 radical (unpaired) electrons. The van der Waals surface area contributed by atoms with Crippen LogP contribution in [-0.4, -0.2) is 51.2 Å². The number of carbonyl (C=O) groups excluding carboxylic acids is 1. The van der Waals surface area contributed by atoms with Crippen LogP contribution in [0.3, 0.4) is 0 Å². The Morgan fingerprint density at radius 1 is 1.03 bits per heavy atom. The molecule has 168 valence electrons. The molecular formula is C25H34N2O4. The molecule has 2 unspecified atom stereocenters. The van der Waals surface area contributed by atoms with Crippen LogP contribution in [0.4, 0.5) is 0 Å². The van der Waals surface area contributed by atoms with Gasteiger partial charge in [0, 0.05) is 31.7 Å². The average Bonchev–Trinajstić information content (AvgIpc) is 2.77. The summed E-state index contributed by atoms with van der Waals surface area (Å²) in [6.45, 7) is 8.61. The molecule has 31 heavy (non-hydrogen) atoms. The van der Waals surface area contributed by atoms with Crippen LogP contribution < -0.4 is 19.5 Å². The normalized spacial score (nSPS) is 19.0. The first-order valence-corrected chi connectivity index (χ1v) is 10.9. The van der Waals surface area contributed by atoms with E-state index in [9.17, 15) is 4.79 Å². The van der Waals surface area contributed by atoms with Crippen molar-refractivity contribution >= 4 is 5.91 Å². The molecule has 0 aliphatic carbocycles. The SMILES string of the molecule is COc1cc(C(=O)NCCN2CC(C)CC(C)C2)cc(OC)c1OCc1ccccc1. The fourth-order valence-corrected chi connectivity index (χ4v) is 4.29. The third-order valence-electron chi connectivity index (χ3n) is 5.61. The molecule has 6 nitrogen and oxygen atoms in total. The number of likely N-dealkylation sites (tertiary alicyclic amines) is 1. The fraction of sp³-hybridized carbons (Fsp3) is 0.480. The molecule has 1 fully saturated rings. The predicted molar refractivity (Wildman–Crippen MR) is 122 cm³/mol. The number of methoxy groups -OCH3 is 2. The number of piperidine rings is 1. The number of hydrogen-bond donors (Lipinski definition) is 1. The van der Waals surface area contributed by atoms with Crippen molar-refractivity contribution < 1.29 is 19.0 Å². The summed E-state index contributed by atoms with van der Waals surface area (Å²) in [6.07, 6.45) is 1.28. The van der Waals surface area contributed by atoms with Gasteiger partial charge in [-0.1, -0.05) is 44.2 Å². The second-order valence-corrected chi connectivity index (χ2v) is 8.45. The Labute approximate surface area is 185 Å². The van der Waals surface area contributed by atoms with E-state index in [0.29, 0.717) is 47.8 Å². The Morgan fingerprint density at radius 2 is 1.65 bits per heavy atom. The molecule has 2 aromatic carbocycles. The number of ether oxygens (including phenoxy) is 3. The highest BCUT2D eigenvalue weighted by molar-refractivity contribution is 5.95. The zero-order valence-corrected chi connectivity index (χ0v) is 19.0. The highest BCUT2D eigenvalue weighted by Gasteiger charge is 2.22. The first-order chi connectivity index (χ1) is 15.0. The van der Waals surface area contributed by atoms with Crippen molar-refractivity contribution in [3.8, 4) is 17.2 Å². The molecule has 2 atom stereocenters. The monoisotopic (exact) mass is 426 g/mol. The quantitative estimate of drug-likeness (QED) is 0.657. The maximum absolute atomic E-state index is 12.8. The molecule has 0 aromatic heterocycles. The summed E-state index contributed by atoms with van der Waals surface area (Å²) in [5.74, 6) is 2.69. The number of nitrogens with zero attached hydrogens (tertiary/aromatic N) is 1. The molecular weight excluding hydrogens is 392 g/mol. The largest absolute Gasteiger partial charge is 0.493 e. The van der Waals surface area contributed by atoms with Crippen molar-refractivity contribution in [2.75, 3.05) is 40.4 Å². The van der Waals surface area contributed by atoms with E-state index in [4.69, 9.17) is 14.2 Å². The summed E-state index contributed by atoms with van der Waals surface area (Å²) < 4.78 is 17.0. The summed E-state index contributed by atoms with van der Waals surface area (Å²) >= 11 is 0.